The molecule has 0 spiro atoms. The summed E-state index contributed by atoms with van der Waals surface area (Å²) in [5.74, 6) is -2.03. The fourth-order valence-corrected chi connectivity index (χ4v) is 1.22. The maximum atomic E-state index is 11.8. The Morgan fingerprint density at radius 1 is 0.727 bits per heavy atom. The van der Waals surface area contributed by atoms with Crippen molar-refractivity contribution < 1.29 is 35.9 Å². The molecule has 0 heterocycles. The van der Waals surface area contributed by atoms with Gasteiger partial charge in [-0.05, 0) is 0 Å². The normalized spacial score (nSPS) is 13.2. The summed E-state index contributed by atoms with van der Waals surface area (Å²) < 4.78 is 70.8. The Hall–Kier alpha value is -1.74. The zero-order chi connectivity index (χ0) is 17.2. The highest BCUT2D eigenvalue weighted by Gasteiger charge is 2.30. The van der Waals surface area contributed by atoms with Gasteiger partial charge >= 0.3 is 12.4 Å². The molecular formula is C12H14F6N2O2. The largest absolute Gasteiger partial charge is 0.395 e. The van der Waals surface area contributed by atoms with E-state index in [1.165, 1.54) is 0 Å². The van der Waals surface area contributed by atoms with Gasteiger partial charge < -0.3 is 0 Å². The van der Waals surface area contributed by atoms with Gasteiger partial charge in [-0.2, -0.15) is 26.3 Å². The van der Waals surface area contributed by atoms with Crippen molar-refractivity contribution in [2.24, 2.45) is 9.98 Å². The van der Waals surface area contributed by atoms with E-state index in [0.29, 0.717) is 0 Å². The number of hydrogen-bond donors (Lipinski definition) is 0. The van der Waals surface area contributed by atoms with E-state index in [1.807, 2.05) is 0 Å². The predicted octanol–water partition coefficient (Wildman–Crippen LogP) is 2.95. The summed E-state index contributed by atoms with van der Waals surface area (Å²) in [5, 5.41) is 0. The summed E-state index contributed by atoms with van der Waals surface area (Å²) >= 11 is 0. The Morgan fingerprint density at radius 2 is 1.05 bits per heavy atom. The van der Waals surface area contributed by atoms with Crippen LogP contribution in [0.5, 0.6) is 0 Å². The SMILES string of the molecule is O=C(C/C=N\CC/N=C\CC(=O)CC(F)(F)F)CC(F)(F)F. The van der Waals surface area contributed by atoms with E-state index in [2.05, 4.69) is 9.98 Å². The van der Waals surface area contributed by atoms with Crippen molar-refractivity contribution in [3.63, 3.8) is 0 Å². The van der Waals surface area contributed by atoms with Gasteiger partial charge in [0.15, 0.2) is 0 Å². The Morgan fingerprint density at radius 3 is 1.32 bits per heavy atom. The molecule has 0 amide bonds. The number of hydrogen-bond acceptors (Lipinski definition) is 4. The van der Waals surface area contributed by atoms with E-state index < -0.39 is 49.6 Å². The molecule has 0 aromatic carbocycles. The summed E-state index contributed by atoms with van der Waals surface area (Å²) in [6.45, 7) is 0.118. The highest BCUT2D eigenvalue weighted by atomic mass is 19.4. The van der Waals surface area contributed by atoms with Crippen LogP contribution in [0.25, 0.3) is 0 Å². The Balaban J connectivity index is 3.76. The van der Waals surface area contributed by atoms with Crippen molar-refractivity contribution in [1.29, 1.82) is 0 Å². The minimum absolute atomic E-state index is 0.0588. The maximum Gasteiger partial charge on any atom is 0.395 e. The average Bonchev–Trinajstić information content (AvgIpc) is 2.27. The van der Waals surface area contributed by atoms with Crippen molar-refractivity contribution in [1.82, 2.24) is 0 Å². The van der Waals surface area contributed by atoms with E-state index in [-0.39, 0.29) is 13.1 Å². The highest BCUT2D eigenvalue weighted by Crippen LogP contribution is 2.20. The average molecular weight is 332 g/mol. The molecule has 0 N–H and O–H groups in total. The Labute approximate surface area is 122 Å². The molecule has 0 radical (unpaired) electrons. The lowest BCUT2D eigenvalue weighted by molar-refractivity contribution is -0.153. The number of rotatable bonds is 9. The van der Waals surface area contributed by atoms with Crippen LogP contribution < -0.4 is 0 Å². The van der Waals surface area contributed by atoms with Gasteiger partial charge in [0.1, 0.15) is 24.4 Å². The van der Waals surface area contributed by atoms with Gasteiger partial charge in [-0.15, -0.1) is 0 Å². The van der Waals surface area contributed by atoms with Crippen LogP contribution in [0, 0.1) is 0 Å². The minimum atomic E-state index is -4.54. The molecule has 0 unspecified atom stereocenters. The second-order valence-corrected chi connectivity index (χ2v) is 4.25. The van der Waals surface area contributed by atoms with Gasteiger partial charge in [0.05, 0.1) is 13.1 Å². The lowest BCUT2D eigenvalue weighted by atomic mass is 10.2. The summed E-state index contributed by atoms with van der Waals surface area (Å²) in [6.07, 6.45) is -11.0. The topological polar surface area (TPSA) is 58.9 Å². The number of carbonyl (C=O) groups excluding carboxylic acids is 2. The van der Waals surface area contributed by atoms with E-state index in [4.69, 9.17) is 0 Å². The molecule has 0 rings (SSSR count). The van der Waals surface area contributed by atoms with Gasteiger partial charge in [0.2, 0.25) is 0 Å². The zero-order valence-corrected chi connectivity index (χ0v) is 11.4. The molecule has 4 nitrogen and oxygen atoms in total. The third-order valence-electron chi connectivity index (χ3n) is 2.05. The Kier molecular flexibility index (Phi) is 8.58. The molecule has 0 aliphatic rings. The van der Waals surface area contributed by atoms with Gasteiger partial charge in [-0.3, -0.25) is 19.6 Å². The lowest BCUT2D eigenvalue weighted by Gasteiger charge is -2.02. The van der Waals surface area contributed by atoms with Gasteiger partial charge in [-0.25, -0.2) is 0 Å². The third kappa shape index (κ3) is 14.7. The van der Waals surface area contributed by atoms with Crippen LogP contribution in [-0.2, 0) is 9.59 Å². The van der Waals surface area contributed by atoms with E-state index >= 15 is 0 Å². The van der Waals surface area contributed by atoms with Crippen LogP contribution in [0.15, 0.2) is 9.98 Å². The lowest BCUT2D eigenvalue weighted by Crippen LogP contribution is -2.15. The van der Waals surface area contributed by atoms with Crippen LogP contribution in [0.2, 0.25) is 0 Å². The summed E-state index contributed by atoms with van der Waals surface area (Å²) in [7, 11) is 0. The maximum absolute atomic E-state index is 11.8. The second-order valence-electron chi connectivity index (χ2n) is 4.25. The molecule has 22 heavy (non-hydrogen) atoms. The van der Waals surface area contributed by atoms with Gasteiger partial charge in [-0.1, -0.05) is 0 Å². The fraction of sp³-hybridized carbons (Fsp3) is 0.667. The number of ketones is 2. The van der Waals surface area contributed by atoms with Crippen molar-refractivity contribution >= 4 is 24.0 Å². The fourth-order valence-electron chi connectivity index (χ4n) is 1.22. The molecular weight excluding hydrogens is 318 g/mol. The molecule has 0 bridgehead atoms. The molecule has 126 valence electrons. The van der Waals surface area contributed by atoms with Gasteiger partial charge in [0, 0.05) is 25.3 Å². The van der Waals surface area contributed by atoms with Crippen molar-refractivity contribution in [3.8, 4) is 0 Å². The van der Waals surface area contributed by atoms with Crippen LogP contribution >= 0.6 is 0 Å². The Bertz CT molecular complexity index is 386. The number of alkyl halides is 6. The first kappa shape index (κ1) is 20.3. The summed E-state index contributed by atoms with van der Waals surface area (Å²) in [4.78, 5) is 28.9. The van der Waals surface area contributed by atoms with Crippen LogP contribution in [0.3, 0.4) is 0 Å². The second kappa shape index (κ2) is 9.31. The van der Waals surface area contributed by atoms with E-state index in [9.17, 15) is 35.9 Å². The number of halogens is 6. The quantitative estimate of drug-likeness (QED) is 0.370. The third-order valence-corrected chi connectivity index (χ3v) is 2.05. The van der Waals surface area contributed by atoms with Crippen molar-refractivity contribution in [3.05, 3.63) is 0 Å². The zero-order valence-electron chi connectivity index (χ0n) is 11.4. The highest BCUT2D eigenvalue weighted by molar-refractivity contribution is 5.92. The number of Topliss-reactive ketones (excluding diaryl/α,β-unsaturated/α-hetero) is 2. The number of nitrogens with zero attached hydrogens (tertiary/aromatic N) is 2. The van der Waals surface area contributed by atoms with E-state index in [0.717, 1.165) is 12.4 Å². The first-order valence-corrected chi connectivity index (χ1v) is 6.13. The van der Waals surface area contributed by atoms with Crippen molar-refractivity contribution in [2.75, 3.05) is 13.1 Å². The number of aliphatic imine (C=N–C) groups is 2. The molecule has 0 aromatic heterocycles. The van der Waals surface area contributed by atoms with Crippen LogP contribution in [0.1, 0.15) is 25.7 Å². The summed E-state index contributed by atoms with van der Waals surface area (Å²) in [5.41, 5.74) is 0. The molecule has 0 fully saturated rings. The van der Waals surface area contributed by atoms with E-state index in [1.54, 1.807) is 0 Å². The predicted molar refractivity (Wildman–Crippen MR) is 67.3 cm³/mol. The first-order chi connectivity index (χ1) is 9.99. The van der Waals surface area contributed by atoms with Gasteiger partial charge in [0.25, 0.3) is 0 Å². The molecule has 0 saturated heterocycles. The smallest absolute Gasteiger partial charge is 0.299 e. The molecule has 10 heteroatoms. The number of carbonyl (C=O) groups is 2. The van der Waals surface area contributed by atoms with Crippen molar-refractivity contribution in [2.45, 2.75) is 38.0 Å². The molecule has 0 aliphatic carbocycles. The van der Waals surface area contributed by atoms with Crippen LogP contribution in [0.4, 0.5) is 26.3 Å². The summed E-state index contributed by atoms with van der Waals surface area (Å²) in [6, 6.07) is 0. The standard InChI is InChI=1S/C12H14F6N2O2/c13-11(14,15)7-9(21)1-3-19-5-6-20-4-2-10(22)8-12(16,17)18/h3-4H,1-2,5-8H2/b19-3-,20-4-. The molecule has 0 aromatic rings. The molecule has 0 saturated carbocycles. The first-order valence-electron chi connectivity index (χ1n) is 6.13. The van der Waals surface area contributed by atoms with Crippen LogP contribution in [-0.4, -0.2) is 49.4 Å². The minimum Gasteiger partial charge on any atom is -0.299 e. The molecule has 0 atom stereocenters. The monoisotopic (exact) mass is 332 g/mol. The molecule has 0 aliphatic heterocycles.